The van der Waals surface area contributed by atoms with E-state index in [0.29, 0.717) is 19.1 Å². The van der Waals surface area contributed by atoms with Crippen molar-refractivity contribution < 1.29 is 9.53 Å². The Morgan fingerprint density at radius 3 is 3.04 bits per heavy atom. The molecule has 2 aromatic heterocycles. The molecule has 6 nitrogen and oxygen atoms in total. The van der Waals surface area contributed by atoms with Crippen molar-refractivity contribution in [2.45, 2.75) is 20.4 Å². The minimum atomic E-state index is -0.0895. The molecule has 0 radical (unpaired) electrons. The number of hydrogen-bond acceptors (Lipinski definition) is 6. The van der Waals surface area contributed by atoms with Gasteiger partial charge < -0.3 is 4.74 Å². The van der Waals surface area contributed by atoms with Crippen molar-refractivity contribution in [3.8, 4) is 0 Å². The first-order valence-electron chi connectivity index (χ1n) is 9.10. The minimum Gasteiger partial charge on any atom is -0.466 e. The van der Waals surface area contributed by atoms with Gasteiger partial charge in [-0.25, -0.2) is 4.98 Å². The molecule has 0 aromatic carbocycles. The fraction of sp³-hybridized carbons (Fsp3) is 0.526. The van der Waals surface area contributed by atoms with Gasteiger partial charge in [0.15, 0.2) is 4.96 Å². The molecule has 3 heterocycles. The predicted octanol–water partition coefficient (Wildman–Crippen LogP) is 2.19. The van der Waals surface area contributed by atoms with Gasteiger partial charge >= 0.3 is 5.97 Å². The molecule has 2 aromatic rings. The van der Waals surface area contributed by atoms with E-state index in [1.807, 2.05) is 12.3 Å². The second kappa shape index (κ2) is 6.96. The van der Waals surface area contributed by atoms with Crippen molar-refractivity contribution >= 4 is 22.3 Å². The third-order valence-corrected chi connectivity index (χ3v) is 6.23. The standard InChI is InChI=1S/C19H23N3O3S/c1-3-25-18(24)17-12(2)4-5-13-9-21(11-15(13)17)10-14-8-16(23)22-6-7-26-19(22)20-14/h4-8,12-13,15,17H,3,9-11H2,1-2H3/t12-,13-,15+,17+/m0/s1. The number of ether oxygens (including phenoxy) is 1. The van der Waals surface area contributed by atoms with E-state index in [2.05, 4.69) is 29.0 Å². The van der Waals surface area contributed by atoms with Gasteiger partial charge in [-0.05, 0) is 24.7 Å². The maximum Gasteiger partial charge on any atom is 0.309 e. The van der Waals surface area contributed by atoms with E-state index < -0.39 is 0 Å². The molecule has 7 heteroatoms. The maximum atomic E-state index is 12.4. The maximum absolute atomic E-state index is 12.4. The van der Waals surface area contributed by atoms with Crippen LogP contribution in [0.25, 0.3) is 4.96 Å². The number of aromatic nitrogens is 2. The molecule has 4 rings (SSSR count). The molecule has 26 heavy (non-hydrogen) atoms. The van der Waals surface area contributed by atoms with Crippen molar-refractivity contribution in [3.63, 3.8) is 0 Å². The third-order valence-electron chi connectivity index (χ3n) is 5.48. The Kier molecular flexibility index (Phi) is 4.67. The van der Waals surface area contributed by atoms with Crippen molar-refractivity contribution in [2.24, 2.45) is 23.7 Å². The van der Waals surface area contributed by atoms with Gasteiger partial charge in [0, 0.05) is 37.3 Å². The lowest BCUT2D eigenvalue weighted by Gasteiger charge is -2.32. The summed E-state index contributed by atoms with van der Waals surface area (Å²) >= 11 is 1.46. The topological polar surface area (TPSA) is 63.9 Å². The molecule has 0 unspecified atom stereocenters. The number of likely N-dealkylation sites (tertiary alicyclic amines) is 1. The van der Waals surface area contributed by atoms with Crippen LogP contribution in [0, 0.1) is 23.7 Å². The molecular weight excluding hydrogens is 350 g/mol. The number of hydrogen-bond donors (Lipinski definition) is 0. The van der Waals surface area contributed by atoms with E-state index in [0.717, 1.165) is 23.7 Å². The predicted molar refractivity (Wildman–Crippen MR) is 100 cm³/mol. The van der Waals surface area contributed by atoms with Crippen LogP contribution in [0.3, 0.4) is 0 Å². The summed E-state index contributed by atoms with van der Waals surface area (Å²) in [6, 6.07) is 1.61. The number of rotatable bonds is 4. The Labute approximate surface area is 156 Å². The SMILES string of the molecule is CCOC(=O)[C@H]1[C@@H]2CN(Cc3cc(=O)n4ccsc4n3)C[C@@H]2C=C[C@@H]1C. The normalized spacial score (nSPS) is 28.4. The highest BCUT2D eigenvalue weighted by Gasteiger charge is 2.44. The zero-order chi connectivity index (χ0) is 18.3. The molecule has 4 atom stereocenters. The number of carbonyl (C=O) groups excluding carboxylic acids is 1. The van der Waals surface area contributed by atoms with E-state index in [4.69, 9.17) is 4.74 Å². The number of esters is 1. The van der Waals surface area contributed by atoms with Gasteiger partial charge in [0.1, 0.15) is 0 Å². The highest BCUT2D eigenvalue weighted by atomic mass is 32.1. The van der Waals surface area contributed by atoms with E-state index in [9.17, 15) is 9.59 Å². The van der Waals surface area contributed by atoms with Crippen LogP contribution in [0.2, 0.25) is 0 Å². The summed E-state index contributed by atoms with van der Waals surface area (Å²) in [6.45, 7) is 6.70. The Bertz CT molecular complexity index is 903. The van der Waals surface area contributed by atoms with Crippen LogP contribution in [-0.4, -0.2) is 40.0 Å². The van der Waals surface area contributed by atoms with Crippen LogP contribution in [0.1, 0.15) is 19.5 Å². The second-order valence-electron chi connectivity index (χ2n) is 7.18. The van der Waals surface area contributed by atoms with E-state index in [1.165, 1.54) is 11.3 Å². The summed E-state index contributed by atoms with van der Waals surface area (Å²) in [6.07, 6.45) is 6.14. The summed E-state index contributed by atoms with van der Waals surface area (Å²) in [7, 11) is 0. The fourth-order valence-electron chi connectivity index (χ4n) is 4.31. The highest BCUT2D eigenvalue weighted by Crippen LogP contribution is 2.40. The molecule has 1 fully saturated rings. The van der Waals surface area contributed by atoms with Crippen molar-refractivity contribution in [1.29, 1.82) is 0 Å². The fourth-order valence-corrected chi connectivity index (χ4v) is 5.05. The Hall–Kier alpha value is -1.99. The van der Waals surface area contributed by atoms with E-state index >= 15 is 0 Å². The van der Waals surface area contributed by atoms with Crippen LogP contribution < -0.4 is 5.56 Å². The molecule has 1 aliphatic carbocycles. The number of allylic oxidation sites excluding steroid dienone is 1. The van der Waals surface area contributed by atoms with Crippen LogP contribution in [-0.2, 0) is 16.1 Å². The molecule has 0 bridgehead atoms. The molecule has 138 valence electrons. The zero-order valence-corrected chi connectivity index (χ0v) is 15.8. The van der Waals surface area contributed by atoms with Gasteiger partial charge in [0.2, 0.25) is 0 Å². The number of thiazole rings is 1. The van der Waals surface area contributed by atoms with Gasteiger partial charge in [0.25, 0.3) is 5.56 Å². The summed E-state index contributed by atoms with van der Waals surface area (Å²) in [5, 5.41) is 1.87. The lowest BCUT2D eigenvalue weighted by Crippen LogP contribution is -2.37. The largest absolute Gasteiger partial charge is 0.466 e. The van der Waals surface area contributed by atoms with Crippen molar-refractivity contribution in [1.82, 2.24) is 14.3 Å². The minimum absolute atomic E-state index is 0.0409. The van der Waals surface area contributed by atoms with Crippen LogP contribution >= 0.6 is 11.3 Å². The average Bonchev–Trinajstić information content (AvgIpc) is 3.21. The summed E-state index contributed by atoms with van der Waals surface area (Å²) in [5.41, 5.74) is 0.751. The molecule has 2 aliphatic rings. The van der Waals surface area contributed by atoms with Crippen molar-refractivity contribution in [2.75, 3.05) is 19.7 Å². The Morgan fingerprint density at radius 2 is 2.23 bits per heavy atom. The van der Waals surface area contributed by atoms with E-state index in [-0.39, 0.29) is 29.3 Å². The molecule has 1 aliphatic heterocycles. The zero-order valence-electron chi connectivity index (χ0n) is 15.0. The highest BCUT2D eigenvalue weighted by molar-refractivity contribution is 7.15. The lowest BCUT2D eigenvalue weighted by molar-refractivity contribution is -0.152. The lowest BCUT2D eigenvalue weighted by atomic mass is 9.72. The first-order chi connectivity index (χ1) is 12.6. The number of fused-ring (bicyclic) bond motifs is 2. The summed E-state index contributed by atoms with van der Waals surface area (Å²) < 4.78 is 6.89. The average molecular weight is 373 g/mol. The first kappa shape index (κ1) is 17.4. The quantitative estimate of drug-likeness (QED) is 0.607. The van der Waals surface area contributed by atoms with Gasteiger partial charge in [-0.3, -0.25) is 18.9 Å². The summed E-state index contributed by atoms with van der Waals surface area (Å²) in [5.74, 6) is 0.638. The van der Waals surface area contributed by atoms with Crippen LogP contribution in [0.5, 0.6) is 0 Å². The molecule has 0 saturated carbocycles. The number of nitrogens with zero attached hydrogens (tertiary/aromatic N) is 3. The van der Waals surface area contributed by atoms with Gasteiger partial charge in [-0.1, -0.05) is 19.1 Å². The first-order valence-corrected chi connectivity index (χ1v) is 9.98. The van der Waals surface area contributed by atoms with Crippen molar-refractivity contribution in [3.05, 3.63) is 45.8 Å². The van der Waals surface area contributed by atoms with Gasteiger partial charge in [-0.2, -0.15) is 0 Å². The number of carbonyl (C=O) groups is 1. The molecule has 1 saturated heterocycles. The van der Waals surface area contributed by atoms with Gasteiger partial charge in [0.05, 0.1) is 18.2 Å². The second-order valence-corrected chi connectivity index (χ2v) is 8.06. The summed E-state index contributed by atoms with van der Waals surface area (Å²) in [4.78, 5) is 32.3. The Morgan fingerprint density at radius 1 is 1.38 bits per heavy atom. The smallest absolute Gasteiger partial charge is 0.309 e. The monoisotopic (exact) mass is 373 g/mol. The molecular formula is C19H23N3O3S. The van der Waals surface area contributed by atoms with Crippen LogP contribution in [0.4, 0.5) is 0 Å². The molecule has 0 amide bonds. The molecule has 0 N–H and O–H groups in total. The Balaban J connectivity index is 1.52. The molecule has 0 spiro atoms. The van der Waals surface area contributed by atoms with Gasteiger partial charge in [-0.15, -0.1) is 11.3 Å². The van der Waals surface area contributed by atoms with E-state index in [1.54, 1.807) is 16.7 Å². The third kappa shape index (κ3) is 3.10. The van der Waals surface area contributed by atoms with Crippen LogP contribution in [0.15, 0.2) is 34.6 Å².